The number of hydrogen-bond donors (Lipinski definition) is 2. The third-order valence-electron chi connectivity index (χ3n) is 3.74. The summed E-state index contributed by atoms with van der Waals surface area (Å²) in [5, 5.41) is 10.9. The zero-order valence-electron chi connectivity index (χ0n) is 12.1. The van der Waals surface area contributed by atoms with Gasteiger partial charge in [0.15, 0.2) is 0 Å². The quantitative estimate of drug-likeness (QED) is 0.877. The topological polar surface area (TPSA) is 52.6 Å². The second kappa shape index (κ2) is 7.00. The molecule has 0 radical (unpaired) electrons. The van der Waals surface area contributed by atoms with Gasteiger partial charge in [-0.15, -0.1) is 0 Å². The molecule has 2 amide bonds. The first-order chi connectivity index (χ1) is 10.4. The monoisotopic (exact) mass is 316 g/mol. The predicted octanol–water partition coefficient (Wildman–Crippen LogP) is 2.63. The number of fused-ring (bicyclic) bond motifs is 1. The van der Waals surface area contributed by atoms with E-state index in [0.29, 0.717) is 12.8 Å². The third-order valence-corrected chi connectivity index (χ3v) is 3.74. The van der Waals surface area contributed by atoms with Crippen LogP contribution in [0, 0.1) is 0 Å². The third kappa shape index (κ3) is 4.13. The van der Waals surface area contributed by atoms with Gasteiger partial charge in [0, 0.05) is 13.2 Å². The lowest BCUT2D eigenvalue weighted by atomic mass is 10.1. The smallest absolute Gasteiger partial charge is 0.396 e. The van der Waals surface area contributed by atoms with Crippen molar-refractivity contribution < 1.29 is 23.1 Å². The minimum absolute atomic E-state index is 0.114. The van der Waals surface area contributed by atoms with Crippen molar-refractivity contribution in [2.45, 2.75) is 31.5 Å². The van der Waals surface area contributed by atoms with E-state index in [1.54, 1.807) is 0 Å². The lowest BCUT2D eigenvalue weighted by molar-refractivity contribution is -0.123. The molecule has 0 bridgehead atoms. The first kappa shape index (κ1) is 16.6. The summed E-state index contributed by atoms with van der Waals surface area (Å²) < 4.78 is 36.8. The number of halogens is 3. The van der Waals surface area contributed by atoms with Gasteiger partial charge in [-0.1, -0.05) is 24.3 Å². The van der Waals surface area contributed by atoms with Crippen molar-refractivity contribution in [2.75, 3.05) is 19.7 Å². The first-order valence-corrected chi connectivity index (χ1v) is 7.22. The summed E-state index contributed by atoms with van der Waals surface area (Å²) in [5.74, 6) is 0. The predicted molar refractivity (Wildman–Crippen MR) is 75.4 cm³/mol. The van der Waals surface area contributed by atoms with Crippen LogP contribution in [0.5, 0.6) is 0 Å². The largest absolute Gasteiger partial charge is 0.405 e. The van der Waals surface area contributed by atoms with Crippen LogP contribution < -0.4 is 5.32 Å². The maximum atomic E-state index is 12.3. The number of aryl methyl sites for hydroxylation is 1. The number of hydrogen-bond acceptors (Lipinski definition) is 2. The van der Waals surface area contributed by atoms with Crippen LogP contribution in [-0.4, -0.2) is 41.9 Å². The summed E-state index contributed by atoms with van der Waals surface area (Å²) in [6.07, 6.45) is -2.63. The molecule has 1 aliphatic rings. The molecule has 22 heavy (non-hydrogen) atoms. The molecule has 0 heterocycles. The molecule has 1 aliphatic carbocycles. The molecule has 0 unspecified atom stereocenters. The van der Waals surface area contributed by atoms with Crippen LogP contribution in [0.4, 0.5) is 18.0 Å². The number of urea groups is 1. The molecule has 1 atom stereocenters. The van der Waals surface area contributed by atoms with Crippen LogP contribution >= 0.6 is 0 Å². The summed E-state index contributed by atoms with van der Waals surface area (Å²) >= 11 is 0. The maximum absolute atomic E-state index is 12.3. The highest BCUT2D eigenvalue weighted by Crippen LogP contribution is 2.35. The fourth-order valence-corrected chi connectivity index (χ4v) is 2.78. The summed E-state index contributed by atoms with van der Waals surface area (Å²) in [6, 6.07) is 6.64. The molecule has 2 rings (SSSR count). The van der Waals surface area contributed by atoms with Gasteiger partial charge in [-0.2, -0.15) is 13.2 Å². The number of carbonyl (C=O) groups is 1. The number of nitrogens with one attached hydrogen (secondary N) is 1. The number of rotatable bonds is 5. The summed E-state index contributed by atoms with van der Waals surface area (Å²) in [4.78, 5) is 13.5. The Hall–Kier alpha value is -1.76. The average molecular weight is 316 g/mol. The van der Waals surface area contributed by atoms with E-state index < -0.39 is 18.8 Å². The molecule has 122 valence electrons. The van der Waals surface area contributed by atoms with E-state index >= 15 is 0 Å². The molecule has 1 aromatic carbocycles. The number of carbonyl (C=O) groups excluding carboxylic acids is 1. The van der Waals surface area contributed by atoms with E-state index in [2.05, 4.69) is 0 Å². The van der Waals surface area contributed by atoms with Crippen LogP contribution in [0.15, 0.2) is 24.3 Å². The van der Waals surface area contributed by atoms with Crippen molar-refractivity contribution in [2.24, 2.45) is 0 Å². The second-order valence-corrected chi connectivity index (χ2v) is 5.30. The van der Waals surface area contributed by atoms with Gasteiger partial charge in [-0.05, 0) is 30.4 Å². The Labute approximate surface area is 126 Å². The number of benzene rings is 1. The average Bonchev–Trinajstić information content (AvgIpc) is 2.89. The molecule has 0 fully saturated rings. The fourth-order valence-electron chi connectivity index (χ4n) is 2.78. The van der Waals surface area contributed by atoms with Crippen LogP contribution in [0.25, 0.3) is 0 Å². The highest BCUT2D eigenvalue weighted by molar-refractivity contribution is 5.75. The van der Waals surface area contributed by atoms with E-state index in [1.165, 1.54) is 4.90 Å². The molecule has 2 N–H and O–H groups in total. The van der Waals surface area contributed by atoms with Crippen molar-refractivity contribution in [3.05, 3.63) is 35.4 Å². The van der Waals surface area contributed by atoms with E-state index in [0.717, 1.165) is 17.5 Å². The zero-order chi connectivity index (χ0) is 16.2. The minimum atomic E-state index is -4.44. The van der Waals surface area contributed by atoms with Gasteiger partial charge in [-0.25, -0.2) is 4.79 Å². The van der Waals surface area contributed by atoms with Crippen LogP contribution in [0.1, 0.15) is 30.0 Å². The summed E-state index contributed by atoms with van der Waals surface area (Å²) in [5.41, 5.74) is 2.09. The number of aliphatic hydroxyl groups excluding tert-OH is 1. The van der Waals surface area contributed by atoms with Gasteiger partial charge < -0.3 is 15.3 Å². The zero-order valence-corrected chi connectivity index (χ0v) is 12.1. The van der Waals surface area contributed by atoms with Crippen molar-refractivity contribution in [1.29, 1.82) is 0 Å². The Bertz CT molecular complexity index is 520. The number of amides is 2. The normalized spacial score (nSPS) is 17.2. The molecule has 0 aromatic heterocycles. The molecule has 7 heteroatoms. The van der Waals surface area contributed by atoms with E-state index in [9.17, 15) is 18.0 Å². The Morgan fingerprint density at radius 3 is 2.77 bits per heavy atom. The maximum Gasteiger partial charge on any atom is 0.405 e. The Kier molecular flexibility index (Phi) is 5.28. The number of alkyl halides is 3. The standard InChI is InChI=1S/C15H19F3N2O2/c16-15(17,18)10-19-14(22)20(8-3-9-21)13-7-6-11-4-1-2-5-12(11)13/h1-2,4-5,13,21H,3,6-10H2,(H,19,22)/t13-/m0/s1. The summed E-state index contributed by atoms with van der Waals surface area (Å²) in [7, 11) is 0. The SMILES string of the molecule is O=C(NCC(F)(F)F)N(CCCO)[C@H]1CCc2ccccc21. The Balaban J connectivity index is 2.11. The van der Waals surface area contributed by atoms with E-state index in [4.69, 9.17) is 5.11 Å². The van der Waals surface area contributed by atoms with Crippen LogP contribution in [-0.2, 0) is 6.42 Å². The molecule has 0 aliphatic heterocycles. The van der Waals surface area contributed by atoms with Gasteiger partial charge in [0.1, 0.15) is 6.54 Å². The lowest BCUT2D eigenvalue weighted by Crippen LogP contribution is -2.45. The van der Waals surface area contributed by atoms with Gasteiger partial charge in [-0.3, -0.25) is 0 Å². The number of nitrogens with zero attached hydrogens (tertiary/aromatic N) is 1. The molecule has 1 aromatic rings. The molecule has 0 saturated heterocycles. The van der Waals surface area contributed by atoms with Crippen molar-refractivity contribution in [3.8, 4) is 0 Å². The molecular formula is C15H19F3N2O2. The fraction of sp³-hybridized carbons (Fsp3) is 0.533. The van der Waals surface area contributed by atoms with Gasteiger partial charge >= 0.3 is 12.2 Å². The van der Waals surface area contributed by atoms with Gasteiger partial charge in [0.05, 0.1) is 6.04 Å². The van der Waals surface area contributed by atoms with Crippen molar-refractivity contribution in [1.82, 2.24) is 10.2 Å². The second-order valence-electron chi connectivity index (χ2n) is 5.30. The van der Waals surface area contributed by atoms with Gasteiger partial charge in [0.2, 0.25) is 0 Å². The number of aliphatic hydroxyl groups is 1. The van der Waals surface area contributed by atoms with Crippen molar-refractivity contribution >= 4 is 6.03 Å². The molecule has 0 saturated carbocycles. The minimum Gasteiger partial charge on any atom is -0.396 e. The molecular weight excluding hydrogens is 297 g/mol. The highest BCUT2D eigenvalue weighted by Gasteiger charge is 2.33. The van der Waals surface area contributed by atoms with Gasteiger partial charge in [0.25, 0.3) is 0 Å². The van der Waals surface area contributed by atoms with Crippen molar-refractivity contribution in [3.63, 3.8) is 0 Å². The Morgan fingerprint density at radius 1 is 1.36 bits per heavy atom. The Morgan fingerprint density at radius 2 is 2.09 bits per heavy atom. The molecule has 4 nitrogen and oxygen atoms in total. The first-order valence-electron chi connectivity index (χ1n) is 7.22. The highest BCUT2D eigenvalue weighted by atomic mass is 19.4. The summed E-state index contributed by atoms with van der Waals surface area (Å²) in [6.45, 7) is -1.24. The lowest BCUT2D eigenvalue weighted by Gasteiger charge is -2.30. The van der Waals surface area contributed by atoms with E-state index in [-0.39, 0.29) is 19.2 Å². The van der Waals surface area contributed by atoms with Crippen LogP contribution in [0.2, 0.25) is 0 Å². The molecule has 0 spiro atoms. The van der Waals surface area contributed by atoms with Crippen LogP contribution in [0.3, 0.4) is 0 Å². The van der Waals surface area contributed by atoms with E-state index in [1.807, 2.05) is 29.6 Å².